The summed E-state index contributed by atoms with van der Waals surface area (Å²) in [6.45, 7) is 1.15. The van der Waals surface area contributed by atoms with E-state index in [1.54, 1.807) is 25.1 Å². The average molecular weight is 425 g/mol. The maximum atomic E-state index is 15.1. The number of aromatic nitrogens is 2. The highest BCUT2D eigenvalue weighted by Crippen LogP contribution is 2.37. The zero-order valence-corrected chi connectivity index (χ0v) is 15.8. The second-order valence-corrected chi connectivity index (χ2v) is 7.17. The summed E-state index contributed by atoms with van der Waals surface area (Å²) in [6, 6.07) is 3.32. The molecule has 4 rings (SSSR count). The van der Waals surface area contributed by atoms with E-state index in [2.05, 4.69) is 9.72 Å². The van der Waals surface area contributed by atoms with Gasteiger partial charge in [0.1, 0.15) is 30.8 Å². The fourth-order valence-corrected chi connectivity index (χ4v) is 3.53. The number of ether oxygens (including phenoxy) is 2. The van der Waals surface area contributed by atoms with E-state index in [0.29, 0.717) is 21.8 Å². The number of carbonyl (C=O) groups is 2. The number of halogens is 3. The highest BCUT2D eigenvalue weighted by Gasteiger charge is 2.44. The largest absolute Gasteiger partial charge is 0.491 e. The summed E-state index contributed by atoms with van der Waals surface area (Å²) in [4.78, 5) is 27.7. The predicted molar refractivity (Wildman–Crippen MR) is 97.2 cm³/mol. The Bertz CT molecular complexity index is 1010. The van der Waals surface area contributed by atoms with E-state index in [-0.39, 0.29) is 25.4 Å². The van der Waals surface area contributed by atoms with Crippen LogP contribution in [0.3, 0.4) is 0 Å². The molecule has 1 saturated heterocycles. The summed E-state index contributed by atoms with van der Waals surface area (Å²) in [7, 11) is 0. The number of hydrogen-bond donors (Lipinski definition) is 1. The smallest absolute Gasteiger partial charge is 0.416 e. The van der Waals surface area contributed by atoms with Gasteiger partial charge in [0.05, 0.1) is 18.0 Å². The molecular formula is C19H18F3N3O5. The number of carbonyl (C=O) groups excluding carboxylic acids is 1. The summed E-state index contributed by atoms with van der Waals surface area (Å²) in [6.07, 6.45) is -3.73. The van der Waals surface area contributed by atoms with E-state index in [9.17, 15) is 18.4 Å². The summed E-state index contributed by atoms with van der Waals surface area (Å²) in [5, 5.41) is 9.09. The van der Waals surface area contributed by atoms with Crippen molar-refractivity contribution in [2.45, 2.75) is 32.4 Å². The molecule has 8 nitrogen and oxygen atoms in total. The van der Waals surface area contributed by atoms with Crippen LogP contribution < -0.4 is 9.64 Å². The van der Waals surface area contributed by atoms with Gasteiger partial charge in [-0.25, -0.2) is 23.5 Å². The van der Waals surface area contributed by atoms with Gasteiger partial charge >= 0.3 is 12.1 Å². The second-order valence-electron chi connectivity index (χ2n) is 7.17. The topological polar surface area (TPSA) is 93.9 Å². The number of hydrogen-bond acceptors (Lipinski definition) is 5. The molecule has 2 aliphatic heterocycles. The van der Waals surface area contributed by atoms with Crippen molar-refractivity contribution in [3.63, 3.8) is 0 Å². The Morgan fingerprint density at radius 2 is 2.13 bits per heavy atom. The summed E-state index contributed by atoms with van der Waals surface area (Å²) in [5.41, 5.74) is 1.12. The van der Waals surface area contributed by atoms with Crippen LogP contribution in [-0.2, 0) is 22.5 Å². The van der Waals surface area contributed by atoms with Crippen LogP contribution in [0.4, 0.5) is 23.8 Å². The third-order valence-electron chi connectivity index (χ3n) is 5.14. The second kappa shape index (κ2) is 7.54. The third kappa shape index (κ3) is 3.33. The van der Waals surface area contributed by atoms with E-state index in [4.69, 9.17) is 9.84 Å². The van der Waals surface area contributed by atoms with Gasteiger partial charge in [-0.1, -0.05) is 13.0 Å². The van der Waals surface area contributed by atoms with Crippen LogP contribution in [-0.4, -0.2) is 52.4 Å². The van der Waals surface area contributed by atoms with Gasteiger partial charge in [-0.05, 0) is 24.1 Å². The van der Waals surface area contributed by atoms with Gasteiger partial charge in [0.2, 0.25) is 5.95 Å². The number of carboxylic acid groups (broad SMARTS) is 1. The molecule has 2 aliphatic rings. The Labute approximate surface area is 168 Å². The first-order valence-corrected chi connectivity index (χ1v) is 9.27. The SMILES string of the molecule is C[C@H](Cc1ccc2c(c1)OCCn1c-2nc(N2C(=O)OC[C@H]2C(F)F)c1F)C(=O)O. The van der Waals surface area contributed by atoms with Gasteiger partial charge in [0.25, 0.3) is 6.43 Å². The number of carboxylic acids is 1. The lowest BCUT2D eigenvalue weighted by Gasteiger charge is -2.18. The molecule has 1 aromatic heterocycles. The molecule has 0 radical (unpaired) electrons. The molecule has 1 amide bonds. The van der Waals surface area contributed by atoms with Gasteiger partial charge in [-0.15, -0.1) is 0 Å². The van der Waals surface area contributed by atoms with Crippen LogP contribution in [0.15, 0.2) is 18.2 Å². The van der Waals surface area contributed by atoms with Crippen molar-refractivity contribution >= 4 is 17.9 Å². The van der Waals surface area contributed by atoms with E-state index in [1.165, 1.54) is 0 Å². The third-order valence-corrected chi connectivity index (χ3v) is 5.14. The number of aliphatic carboxylic acids is 1. The number of rotatable bonds is 5. The van der Waals surface area contributed by atoms with Crippen molar-refractivity contribution in [2.75, 3.05) is 18.1 Å². The van der Waals surface area contributed by atoms with Crippen molar-refractivity contribution in [3.05, 3.63) is 29.7 Å². The van der Waals surface area contributed by atoms with Gasteiger partial charge < -0.3 is 14.6 Å². The molecular weight excluding hydrogens is 407 g/mol. The quantitative estimate of drug-likeness (QED) is 0.792. The standard InChI is InChI=1S/C19H18F3N3O5/c1-9(18(26)27)6-10-2-3-11-13(7-10)29-5-4-24-15(22)17(23-16(11)24)25-12(14(20)21)8-30-19(25)28/h2-3,7,9,12,14H,4-6,8H2,1H3,(H,26,27)/t9-,12+/m1/s1. The van der Waals surface area contributed by atoms with Crippen LogP contribution >= 0.6 is 0 Å². The first-order chi connectivity index (χ1) is 14.3. The molecule has 0 spiro atoms. The lowest BCUT2D eigenvalue weighted by Crippen LogP contribution is -2.39. The highest BCUT2D eigenvalue weighted by atomic mass is 19.3. The molecule has 3 heterocycles. The molecule has 11 heteroatoms. The highest BCUT2D eigenvalue weighted by molar-refractivity contribution is 5.90. The zero-order valence-electron chi connectivity index (χ0n) is 15.8. The number of imidazole rings is 1. The lowest BCUT2D eigenvalue weighted by atomic mass is 9.99. The fraction of sp³-hybridized carbons (Fsp3) is 0.421. The number of anilines is 1. The number of benzene rings is 1. The molecule has 2 aromatic rings. The monoisotopic (exact) mass is 425 g/mol. The first-order valence-electron chi connectivity index (χ1n) is 9.27. The normalized spacial score (nSPS) is 19.0. The molecule has 0 bridgehead atoms. The predicted octanol–water partition coefficient (Wildman–Crippen LogP) is 2.94. The Balaban J connectivity index is 1.74. The van der Waals surface area contributed by atoms with E-state index < -0.39 is 48.8 Å². The van der Waals surface area contributed by atoms with E-state index in [0.717, 1.165) is 4.57 Å². The summed E-state index contributed by atoms with van der Waals surface area (Å²) in [5.74, 6) is -2.49. The summed E-state index contributed by atoms with van der Waals surface area (Å²) >= 11 is 0. The molecule has 0 aliphatic carbocycles. The van der Waals surface area contributed by atoms with Crippen molar-refractivity contribution in [2.24, 2.45) is 5.92 Å². The number of amides is 1. The Kier molecular flexibility index (Phi) is 5.04. The van der Waals surface area contributed by atoms with Crippen molar-refractivity contribution in [1.82, 2.24) is 9.55 Å². The molecule has 30 heavy (non-hydrogen) atoms. The first kappa shape index (κ1) is 20.0. The molecule has 1 N–H and O–H groups in total. The number of cyclic esters (lactones) is 1. The maximum Gasteiger partial charge on any atom is 0.416 e. The minimum absolute atomic E-state index is 0.0476. The molecule has 1 fully saturated rings. The van der Waals surface area contributed by atoms with Crippen molar-refractivity contribution in [1.29, 1.82) is 0 Å². The van der Waals surface area contributed by atoms with Gasteiger partial charge in [-0.3, -0.25) is 9.36 Å². The summed E-state index contributed by atoms with van der Waals surface area (Å²) < 4.78 is 53.1. The van der Waals surface area contributed by atoms with E-state index in [1.807, 2.05) is 0 Å². The maximum absolute atomic E-state index is 15.1. The van der Waals surface area contributed by atoms with Crippen LogP contribution in [0.5, 0.6) is 5.75 Å². The Morgan fingerprint density at radius 3 is 2.83 bits per heavy atom. The zero-order chi connectivity index (χ0) is 21.6. The Morgan fingerprint density at radius 1 is 1.37 bits per heavy atom. The molecule has 0 saturated carbocycles. The number of fused-ring (bicyclic) bond motifs is 3. The van der Waals surface area contributed by atoms with E-state index >= 15 is 4.39 Å². The molecule has 160 valence electrons. The number of nitrogens with zero attached hydrogens (tertiary/aromatic N) is 3. The Hall–Kier alpha value is -3.24. The van der Waals surface area contributed by atoms with Crippen LogP contribution in [0.2, 0.25) is 0 Å². The van der Waals surface area contributed by atoms with Gasteiger partial charge in [0.15, 0.2) is 5.82 Å². The van der Waals surface area contributed by atoms with Crippen LogP contribution in [0, 0.1) is 11.9 Å². The van der Waals surface area contributed by atoms with Gasteiger partial charge in [-0.2, -0.15) is 4.39 Å². The van der Waals surface area contributed by atoms with Crippen molar-refractivity contribution in [3.8, 4) is 17.1 Å². The van der Waals surface area contributed by atoms with Crippen molar-refractivity contribution < 1.29 is 37.3 Å². The minimum Gasteiger partial charge on any atom is -0.491 e. The van der Waals surface area contributed by atoms with Crippen LogP contribution in [0.25, 0.3) is 11.4 Å². The fourth-order valence-electron chi connectivity index (χ4n) is 3.53. The lowest BCUT2D eigenvalue weighted by molar-refractivity contribution is -0.141. The molecule has 2 atom stereocenters. The van der Waals surface area contributed by atoms with Crippen LogP contribution in [0.1, 0.15) is 12.5 Å². The average Bonchev–Trinajstić information content (AvgIpc) is 3.16. The van der Waals surface area contributed by atoms with Gasteiger partial charge in [0, 0.05) is 0 Å². The molecule has 0 unspecified atom stereocenters. The number of alkyl halides is 2. The minimum atomic E-state index is -2.92. The molecule has 1 aromatic carbocycles.